The van der Waals surface area contributed by atoms with Gasteiger partial charge >= 0.3 is 0 Å². The van der Waals surface area contributed by atoms with Crippen LogP contribution in [0.15, 0.2) is 4.99 Å². The Bertz CT molecular complexity index is 465. The summed E-state index contributed by atoms with van der Waals surface area (Å²) in [5.41, 5.74) is 5.41. The Labute approximate surface area is 182 Å². The highest BCUT2D eigenvalue weighted by Crippen LogP contribution is 2.28. The van der Waals surface area contributed by atoms with Crippen LogP contribution in [0.1, 0.15) is 58.3 Å². The van der Waals surface area contributed by atoms with Gasteiger partial charge in [-0.3, -0.25) is 9.79 Å². The molecular weight excluding hydrogens is 453 g/mol. The maximum atomic E-state index is 11.3. The standard InChI is InChI=1S/C20H39N5O.HI/c1-4-22-20(25-12-8-9-16(15-25)13-19(21)26)23-14-18(24(2)3)17-10-6-5-7-11-17;/h16-18H,4-15H2,1-3H3,(H2,21,26)(H,22,23);1H. The van der Waals surface area contributed by atoms with Gasteiger partial charge in [0.25, 0.3) is 0 Å². The van der Waals surface area contributed by atoms with E-state index in [2.05, 4.69) is 36.1 Å². The minimum Gasteiger partial charge on any atom is -0.370 e. The second-order valence-electron chi connectivity index (χ2n) is 8.25. The van der Waals surface area contributed by atoms with Gasteiger partial charge in [0, 0.05) is 32.1 Å². The number of amides is 1. The van der Waals surface area contributed by atoms with Crippen LogP contribution in [-0.2, 0) is 4.79 Å². The van der Waals surface area contributed by atoms with Crippen LogP contribution in [0.25, 0.3) is 0 Å². The van der Waals surface area contributed by atoms with E-state index in [0.717, 1.165) is 50.9 Å². The Morgan fingerprint density at radius 3 is 2.52 bits per heavy atom. The summed E-state index contributed by atoms with van der Waals surface area (Å²) in [5.74, 6) is 1.93. The lowest BCUT2D eigenvalue weighted by atomic mass is 9.83. The Balaban J connectivity index is 0.00000364. The van der Waals surface area contributed by atoms with Gasteiger partial charge in [0.05, 0.1) is 6.54 Å². The molecule has 2 rings (SSSR count). The minimum atomic E-state index is -0.191. The van der Waals surface area contributed by atoms with Crippen LogP contribution < -0.4 is 11.1 Å². The number of nitrogens with one attached hydrogen (secondary N) is 1. The van der Waals surface area contributed by atoms with Crippen molar-refractivity contribution in [1.82, 2.24) is 15.1 Å². The molecule has 1 aliphatic carbocycles. The van der Waals surface area contributed by atoms with Crippen LogP contribution in [0, 0.1) is 11.8 Å². The van der Waals surface area contributed by atoms with Crippen molar-refractivity contribution in [2.24, 2.45) is 22.6 Å². The van der Waals surface area contributed by atoms with E-state index in [4.69, 9.17) is 10.7 Å². The first-order chi connectivity index (χ1) is 12.5. The average molecular weight is 493 g/mol. The number of guanidine groups is 1. The van der Waals surface area contributed by atoms with Crippen LogP contribution in [0.3, 0.4) is 0 Å². The molecule has 2 atom stereocenters. The first-order valence-corrected chi connectivity index (χ1v) is 10.5. The van der Waals surface area contributed by atoms with Gasteiger partial charge in [-0.15, -0.1) is 24.0 Å². The van der Waals surface area contributed by atoms with Crippen LogP contribution in [0.5, 0.6) is 0 Å². The molecule has 1 aliphatic heterocycles. The number of piperidine rings is 1. The zero-order chi connectivity index (χ0) is 18.9. The molecule has 1 saturated carbocycles. The molecule has 6 nitrogen and oxygen atoms in total. The molecule has 0 bridgehead atoms. The number of primary amides is 1. The quantitative estimate of drug-likeness (QED) is 0.325. The van der Waals surface area contributed by atoms with Crippen molar-refractivity contribution in [1.29, 1.82) is 0 Å². The highest BCUT2D eigenvalue weighted by molar-refractivity contribution is 14.0. The number of rotatable bonds is 7. The molecule has 2 fully saturated rings. The fraction of sp³-hybridized carbons (Fsp3) is 0.900. The lowest BCUT2D eigenvalue weighted by Gasteiger charge is -2.36. The van der Waals surface area contributed by atoms with Crippen molar-refractivity contribution in [3.63, 3.8) is 0 Å². The number of hydrogen-bond acceptors (Lipinski definition) is 3. The maximum Gasteiger partial charge on any atom is 0.217 e. The molecule has 1 heterocycles. The molecule has 0 aromatic heterocycles. The second-order valence-corrected chi connectivity index (χ2v) is 8.25. The SMILES string of the molecule is CCNC(=NCC(C1CCCCC1)N(C)C)N1CCCC(CC(N)=O)C1.I. The highest BCUT2D eigenvalue weighted by atomic mass is 127. The lowest BCUT2D eigenvalue weighted by Crippen LogP contribution is -2.48. The number of carbonyl (C=O) groups excluding carboxylic acids is 1. The van der Waals surface area contributed by atoms with Gasteiger partial charge in [-0.25, -0.2) is 0 Å². The normalized spacial score (nSPS) is 23.0. The average Bonchev–Trinajstić information content (AvgIpc) is 2.61. The van der Waals surface area contributed by atoms with E-state index in [0.29, 0.717) is 18.4 Å². The van der Waals surface area contributed by atoms with Crippen LogP contribution in [-0.4, -0.2) is 68.0 Å². The van der Waals surface area contributed by atoms with Gasteiger partial charge in [0.2, 0.25) is 5.91 Å². The predicted molar refractivity (Wildman–Crippen MR) is 124 cm³/mol. The minimum absolute atomic E-state index is 0. The third-order valence-electron chi connectivity index (χ3n) is 5.93. The molecule has 0 radical (unpaired) electrons. The number of halogens is 1. The van der Waals surface area contributed by atoms with Gasteiger partial charge in [-0.05, 0) is 58.5 Å². The highest BCUT2D eigenvalue weighted by Gasteiger charge is 2.27. The topological polar surface area (TPSA) is 74.0 Å². The summed E-state index contributed by atoms with van der Waals surface area (Å²) in [6.45, 7) is 5.72. The molecule has 2 unspecified atom stereocenters. The van der Waals surface area contributed by atoms with E-state index in [1.54, 1.807) is 0 Å². The van der Waals surface area contributed by atoms with E-state index in [9.17, 15) is 4.79 Å². The van der Waals surface area contributed by atoms with Crippen molar-refractivity contribution in [2.75, 3.05) is 40.3 Å². The summed E-state index contributed by atoms with van der Waals surface area (Å²) in [6, 6.07) is 0.509. The molecule has 1 saturated heterocycles. The van der Waals surface area contributed by atoms with E-state index < -0.39 is 0 Å². The van der Waals surface area contributed by atoms with Crippen molar-refractivity contribution in [3.05, 3.63) is 0 Å². The van der Waals surface area contributed by atoms with E-state index in [1.165, 1.54) is 32.1 Å². The van der Waals surface area contributed by atoms with Crippen molar-refractivity contribution < 1.29 is 4.79 Å². The molecule has 27 heavy (non-hydrogen) atoms. The van der Waals surface area contributed by atoms with Crippen molar-refractivity contribution in [2.45, 2.75) is 64.3 Å². The Hall–Kier alpha value is -0.570. The first-order valence-electron chi connectivity index (χ1n) is 10.5. The summed E-state index contributed by atoms with van der Waals surface area (Å²) in [5, 5.41) is 3.46. The van der Waals surface area contributed by atoms with Gasteiger partial charge in [-0.2, -0.15) is 0 Å². The largest absolute Gasteiger partial charge is 0.370 e. The predicted octanol–water partition coefficient (Wildman–Crippen LogP) is 2.67. The number of likely N-dealkylation sites (tertiary alicyclic amines) is 1. The fourth-order valence-electron chi connectivity index (χ4n) is 4.57. The third kappa shape index (κ3) is 8.13. The number of nitrogens with zero attached hydrogens (tertiary/aromatic N) is 3. The smallest absolute Gasteiger partial charge is 0.217 e. The summed E-state index contributed by atoms with van der Waals surface area (Å²) in [4.78, 5) is 21.0. The van der Waals surface area contributed by atoms with Crippen LogP contribution in [0.4, 0.5) is 0 Å². The maximum absolute atomic E-state index is 11.3. The monoisotopic (exact) mass is 493 g/mol. The molecule has 158 valence electrons. The molecule has 7 heteroatoms. The van der Waals surface area contributed by atoms with E-state index in [1.807, 2.05) is 0 Å². The number of aliphatic imine (C=N–C) groups is 1. The van der Waals surface area contributed by atoms with Crippen molar-refractivity contribution >= 4 is 35.8 Å². The van der Waals surface area contributed by atoms with Crippen molar-refractivity contribution in [3.8, 4) is 0 Å². The summed E-state index contributed by atoms with van der Waals surface area (Å²) in [7, 11) is 4.37. The summed E-state index contributed by atoms with van der Waals surface area (Å²) < 4.78 is 0. The second kappa shape index (κ2) is 12.8. The summed E-state index contributed by atoms with van der Waals surface area (Å²) >= 11 is 0. The number of nitrogens with two attached hydrogens (primary N) is 1. The molecule has 0 spiro atoms. The Kier molecular flexibility index (Phi) is 11.6. The number of carbonyl (C=O) groups is 1. The Morgan fingerprint density at radius 1 is 1.22 bits per heavy atom. The Morgan fingerprint density at radius 2 is 1.93 bits per heavy atom. The molecule has 3 N–H and O–H groups in total. The first kappa shape index (κ1) is 24.5. The molecule has 2 aliphatic rings. The van der Waals surface area contributed by atoms with Crippen LogP contribution >= 0.6 is 24.0 Å². The van der Waals surface area contributed by atoms with E-state index >= 15 is 0 Å². The lowest BCUT2D eigenvalue weighted by molar-refractivity contribution is -0.119. The third-order valence-corrected chi connectivity index (χ3v) is 5.93. The van der Waals surface area contributed by atoms with Gasteiger partial charge in [-0.1, -0.05) is 19.3 Å². The zero-order valence-corrected chi connectivity index (χ0v) is 19.8. The van der Waals surface area contributed by atoms with Crippen LogP contribution in [0.2, 0.25) is 0 Å². The summed E-state index contributed by atoms with van der Waals surface area (Å²) in [6.07, 6.45) is 9.44. The van der Waals surface area contributed by atoms with Gasteiger partial charge < -0.3 is 20.9 Å². The zero-order valence-electron chi connectivity index (χ0n) is 17.5. The number of hydrogen-bond donors (Lipinski definition) is 2. The fourth-order valence-corrected chi connectivity index (χ4v) is 4.57. The number of likely N-dealkylation sites (N-methyl/N-ethyl adjacent to an activating group) is 1. The molecule has 0 aromatic carbocycles. The molecular formula is C20H40IN5O. The van der Waals surface area contributed by atoms with Gasteiger partial charge in [0.1, 0.15) is 0 Å². The van der Waals surface area contributed by atoms with E-state index in [-0.39, 0.29) is 29.9 Å². The molecule has 1 amide bonds. The molecule has 0 aromatic rings. The van der Waals surface area contributed by atoms with Gasteiger partial charge in [0.15, 0.2) is 5.96 Å².